The van der Waals surface area contributed by atoms with Crippen molar-refractivity contribution in [1.29, 1.82) is 0 Å². The van der Waals surface area contributed by atoms with Gasteiger partial charge in [0.2, 0.25) is 0 Å². The van der Waals surface area contributed by atoms with Crippen LogP contribution in [0.5, 0.6) is 0 Å². The molecular formula is C15H25N3O2. The smallest absolute Gasteiger partial charge is 0.273 e. The minimum absolute atomic E-state index is 0.106. The molecule has 1 aromatic carbocycles. The molecule has 0 bridgehead atoms. The van der Waals surface area contributed by atoms with Gasteiger partial charge in [0, 0.05) is 36.6 Å². The van der Waals surface area contributed by atoms with Gasteiger partial charge in [0.15, 0.2) is 0 Å². The van der Waals surface area contributed by atoms with Crippen molar-refractivity contribution in [2.75, 3.05) is 23.7 Å². The number of hydrogen-bond donors (Lipinski definition) is 2. The van der Waals surface area contributed by atoms with Gasteiger partial charge in [-0.3, -0.25) is 10.1 Å². The van der Waals surface area contributed by atoms with Crippen molar-refractivity contribution in [3.05, 3.63) is 28.3 Å². The average molecular weight is 279 g/mol. The number of nitro groups is 1. The van der Waals surface area contributed by atoms with Crippen molar-refractivity contribution in [1.82, 2.24) is 0 Å². The lowest BCUT2D eigenvalue weighted by Crippen LogP contribution is -2.24. The van der Waals surface area contributed by atoms with Gasteiger partial charge in [0.1, 0.15) is 0 Å². The lowest BCUT2D eigenvalue weighted by atomic mass is 9.82. The molecule has 5 heteroatoms. The number of anilines is 2. The molecule has 0 aliphatic heterocycles. The maximum Gasteiger partial charge on any atom is 0.273 e. The number of nitrogens with zero attached hydrogens (tertiary/aromatic N) is 1. The third kappa shape index (κ3) is 4.72. The highest BCUT2D eigenvalue weighted by molar-refractivity contribution is 5.63. The van der Waals surface area contributed by atoms with Crippen molar-refractivity contribution >= 4 is 17.1 Å². The molecule has 1 aromatic rings. The molecule has 0 amide bonds. The Bertz CT molecular complexity index is 467. The summed E-state index contributed by atoms with van der Waals surface area (Å²) in [7, 11) is 0. The van der Waals surface area contributed by atoms with Crippen molar-refractivity contribution in [3.8, 4) is 0 Å². The molecule has 0 aliphatic carbocycles. The van der Waals surface area contributed by atoms with E-state index in [0.717, 1.165) is 24.5 Å². The van der Waals surface area contributed by atoms with E-state index < -0.39 is 0 Å². The second-order valence-corrected chi connectivity index (χ2v) is 6.20. The van der Waals surface area contributed by atoms with Crippen LogP contribution >= 0.6 is 0 Å². The van der Waals surface area contributed by atoms with Crippen LogP contribution in [0.25, 0.3) is 0 Å². The Morgan fingerprint density at radius 2 is 1.75 bits per heavy atom. The molecule has 0 saturated carbocycles. The molecule has 1 rings (SSSR count). The van der Waals surface area contributed by atoms with Gasteiger partial charge in [-0.1, -0.05) is 27.7 Å². The number of nitro benzene ring substituents is 1. The molecule has 0 spiro atoms. The van der Waals surface area contributed by atoms with Gasteiger partial charge in [-0.15, -0.1) is 0 Å². The van der Waals surface area contributed by atoms with Crippen LogP contribution in [0, 0.1) is 21.4 Å². The SMILES string of the molecule is CCNc1cc(NCC(C)C(C)(C)C)cc([N+](=O)[O-])c1. The van der Waals surface area contributed by atoms with Crippen LogP contribution in [-0.2, 0) is 0 Å². The molecule has 20 heavy (non-hydrogen) atoms. The second-order valence-electron chi connectivity index (χ2n) is 6.20. The molecule has 0 aliphatic rings. The van der Waals surface area contributed by atoms with Crippen molar-refractivity contribution in [3.63, 3.8) is 0 Å². The summed E-state index contributed by atoms with van der Waals surface area (Å²) in [6.07, 6.45) is 0. The molecule has 0 radical (unpaired) electrons. The molecule has 1 unspecified atom stereocenters. The van der Waals surface area contributed by atoms with E-state index in [-0.39, 0.29) is 16.0 Å². The fourth-order valence-electron chi connectivity index (χ4n) is 1.70. The second kappa shape index (κ2) is 6.59. The third-order valence-corrected chi connectivity index (χ3v) is 3.60. The Morgan fingerprint density at radius 1 is 1.20 bits per heavy atom. The van der Waals surface area contributed by atoms with Crippen molar-refractivity contribution in [2.45, 2.75) is 34.6 Å². The maximum atomic E-state index is 11.0. The van der Waals surface area contributed by atoms with Gasteiger partial charge >= 0.3 is 0 Å². The average Bonchev–Trinajstić information content (AvgIpc) is 2.34. The Morgan fingerprint density at radius 3 is 2.20 bits per heavy atom. The van der Waals surface area contributed by atoms with Crippen LogP contribution in [-0.4, -0.2) is 18.0 Å². The largest absolute Gasteiger partial charge is 0.385 e. The first-order chi connectivity index (χ1) is 9.24. The highest BCUT2D eigenvalue weighted by atomic mass is 16.6. The predicted molar refractivity (Wildman–Crippen MR) is 84.4 cm³/mol. The third-order valence-electron chi connectivity index (χ3n) is 3.60. The fourth-order valence-corrected chi connectivity index (χ4v) is 1.70. The van der Waals surface area contributed by atoms with E-state index >= 15 is 0 Å². The standard InChI is InChI=1S/C15H25N3O2/c1-6-16-12-7-13(9-14(8-12)18(19)20)17-10-11(2)15(3,4)5/h7-9,11,16-17H,6,10H2,1-5H3. The zero-order chi connectivity index (χ0) is 15.3. The van der Waals surface area contributed by atoms with Crippen LogP contribution in [0.15, 0.2) is 18.2 Å². The molecule has 2 N–H and O–H groups in total. The molecule has 0 aromatic heterocycles. The molecule has 1 atom stereocenters. The number of hydrogen-bond acceptors (Lipinski definition) is 4. The molecule has 0 fully saturated rings. The van der Waals surface area contributed by atoms with Crippen molar-refractivity contribution in [2.24, 2.45) is 11.3 Å². The summed E-state index contributed by atoms with van der Waals surface area (Å²) in [5.74, 6) is 0.462. The zero-order valence-electron chi connectivity index (χ0n) is 13.0. The number of benzene rings is 1. The summed E-state index contributed by atoms with van der Waals surface area (Å²) >= 11 is 0. The van der Waals surface area contributed by atoms with Crippen LogP contribution in [0.4, 0.5) is 17.1 Å². The Kier molecular flexibility index (Phi) is 5.36. The van der Waals surface area contributed by atoms with Gasteiger partial charge in [-0.05, 0) is 24.3 Å². The molecule has 5 nitrogen and oxygen atoms in total. The molecular weight excluding hydrogens is 254 g/mol. The zero-order valence-corrected chi connectivity index (χ0v) is 13.0. The van der Waals surface area contributed by atoms with Gasteiger partial charge in [0.25, 0.3) is 5.69 Å². The van der Waals surface area contributed by atoms with Crippen molar-refractivity contribution < 1.29 is 4.92 Å². The predicted octanol–water partition coefficient (Wildman–Crippen LogP) is 4.12. The van der Waals surface area contributed by atoms with E-state index in [0.29, 0.717) is 5.92 Å². The minimum atomic E-state index is -0.362. The number of non-ortho nitro benzene ring substituents is 1. The summed E-state index contributed by atoms with van der Waals surface area (Å²) in [5, 5.41) is 17.4. The van der Waals surface area contributed by atoms with Crippen LogP contribution < -0.4 is 10.6 Å². The first kappa shape index (κ1) is 16.3. The van der Waals surface area contributed by atoms with E-state index in [2.05, 4.69) is 38.3 Å². The molecule has 0 saturated heterocycles. The quantitative estimate of drug-likeness (QED) is 0.607. The highest BCUT2D eigenvalue weighted by Gasteiger charge is 2.20. The molecule has 0 heterocycles. The summed E-state index contributed by atoms with van der Waals surface area (Å²) < 4.78 is 0. The van der Waals surface area contributed by atoms with Gasteiger partial charge in [-0.2, -0.15) is 0 Å². The van der Waals surface area contributed by atoms with Crippen LogP contribution in [0.3, 0.4) is 0 Å². The monoisotopic (exact) mass is 279 g/mol. The highest BCUT2D eigenvalue weighted by Crippen LogP contribution is 2.28. The van der Waals surface area contributed by atoms with E-state index in [9.17, 15) is 10.1 Å². The Balaban J connectivity index is 2.86. The first-order valence-corrected chi connectivity index (χ1v) is 7.01. The van der Waals surface area contributed by atoms with E-state index in [4.69, 9.17) is 0 Å². The summed E-state index contributed by atoms with van der Waals surface area (Å²) in [4.78, 5) is 10.6. The molecule has 112 valence electrons. The maximum absolute atomic E-state index is 11.0. The Hall–Kier alpha value is -1.78. The van der Waals surface area contributed by atoms with E-state index in [1.54, 1.807) is 12.1 Å². The van der Waals surface area contributed by atoms with E-state index in [1.165, 1.54) is 0 Å². The lowest BCUT2D eigenvalue weighted by molar-refractivity contribution is -0.384. The topological polar surface area (TPSA) is 67.2 Å². The van der Waals surface area contributed by atoms with E-state index in [1.807, 2.05) is 13.0 Å². The van der Waals surface area contributed by atoms with Crippen LogP contribution in [0.2, 0.25) is 0 Å². The summed E-state index contributed by atoms with van der Waals surface area (Å²) in [5.41, 5.74) is 1.87. The van der Waals surface area contributed by atoms with Crippen LogP contribution in [0.1, 0.15) is 34.6 Å². The fraction of sp³-hybridized carbons (Fsp3) is 0.600. The lowest BCUT2D eigenvalue weighted by Gasteiger charge is -2.27. The first-order valence-electron chi connectivity index (χ1n) is 7.01. The summed E-state index contributed by atoms with van der Waals surface area (Å²) in [6.45, 7) is 12.2. The van der Waals surface area contributed by atoms with Gasteiger partial charge in [0.05, 0.1) is 4.92 Å². The number of nitrogens with one attached hydrogen (secondary N) is 2. The Labute approximate surface area is 120 Å². The van der Waals surface area contributed by atoms with Gasteiger partial charge in [-0.25, -0.2) is 0 Å². The minimum Gasteiger partial charge on any atom is -0.385 e. The van der Waals surface area contributed by atoms with Gasteiger partial charge < -0.3 is 10.6 Å². The summed E-state index contributed by atoms with van der Waals surface area (Å²) in [6, 6.07) is 5.05. The number of rotatable bonds is 6. The normalized spacial score (nSPS) is 12.8.